The predicted molar refractivity (Wildman–Crippen MR) is 200 cm³/mol. The Balaban J connectivity index is 1.01. The van der Waals surface area contributed by atoms with Gasteiger partial charge in [0, 0.05) is 59.7 Å². The quantitative estimate of drug-likeness (QED) is 0.119. The molecular formula is C37H36N10O2S2. The first-order chi connectivity index (χ1) is 24.9. The molecule has 0 radical (unpaired) electrons. The van der Waals surface area contributed by atoms with Crippen molar-refractivity contribution in [2.45, 2.75) is 67.0 Å². The van der Waals surface area contributed by atoms with E-state index in [1.807, 2.05) is 109 Å². The molecule has 0 spiro atoms. The molecule has 2 amide bonds. The van der Waals surface area contributed by atoms with E-state index in [-0.39, 0.29) is 17.1 Å². The highest BCUT2D eigenvalue weighted by Crippen LogP contribution is 2.52. The van der Waals surface area contributed by atoms with E-state index in [9.17, 15) is 9.59 Å². The lowest BCUT2D eigenvalue weighted by Crippen LogP contribution is -2.27. The van der Waals surface area contributed by atoms with Crippen molar-refractivity contribution in [3.63, 3.8) is 0 Å². The third-order valence-electron chi connectivity index (χ3n) is 8.56. The molecule has 1 unspecified atom stereocenters. The fourth-order valence-electron chi connectivity index (χ4n) is 5.58. The van der Waals surface area contributed by atoms with Crippen LogP contribution in [-0.4, -0.2) is 61.3 Å². The second kappa shape index (κ2) is 14.9. The van der Waals surface area contributed by atoms with Crippen LogP contribution in [-0.2, 0) is 22.7 Å². The lowest BCUT2D eigenvalue weighted by molar-refractivity contribution is -0.116. The maximum Gasteiger partial charge on any atom is 0.241 e. The number of para-hydroxylation sites is 1. The van der Waals surface area contributed by atoms with Gasteiger partial charge < -0.3 is 19.8 Å². The Hall–Kier alpha value is -5.34. The topological polar surface area (TPSA) is 145 Å². The van der Waals surface area contributed by atoms with Crippen molar-refractivity contribution >= 4 is 46.7 Å². The number of carbonyl (C=O) groups is 2. The molecule has 2 aromatic carbocycles. The summed E-state index contributed by atoms with van der Waals surface area (Å²) in [5.74, 6) is 1.31. The number of benzene rings is 2. The minimum atomic E-state index is -0.583. The van der Waals surface area contributed by atoms with E-state index in [2.05, 4.69) is 41.0 Å². The van der Waals surface area contributed by atoms with Gasteiger partial charge in [-0.1, -0.05) is 53.9 Å². The van der Waals surface area contributed by atoms with Crippen LogP contribution >= 0.6 is 23.5 Å². The number of nitrogens with one attached hydrogen (secondary N) is 2. The standard InChI is InChI=1S/C37H36N10O2S2/c1-4-46-32(43-44-35(46)50-24(3)33(48)40-28-9-7-6-8-10-28)27-17-22-39-30(23-27)25-11-13-29(14-12-25)41-34(49)37(18-19-37)51-36-45-42-31(47(36)5-2)26-15-20-38-21-16-26/h6-17,20-24H,4-5,18-19H2,1-3H3,(H,40,48)(H,41,49). The Labute approximate surface area is 303 Å². The van der Waals surface area contributed by atoms with Crippen molar-refractivity contribution in [1.82, 2.24) is 39.5 Å². The van der Waals surface area contributed by atoms with Gasteiger partial charge in [0.2, 0.25) is 11.8 Å². The first kappa shape index (κ1) is 34.1. The molecule has 12 nitrogen and oxygen atoms in total. The maximum atomic E-state index is 13.5. The summed E-state index contributed by atoms with van der Waals surface area (Å²) in [6, 6.07) is 24.8. The molecule has 1 saturated carbocycles. The van der Waals surface area contributed by atoms with Crippen LogP contribution in [0.15, 0.2) is 108 Å². The smallest absolute Gasteiger partial charge is 0.241 e. The molecule has 51 heavy (non-hydrogen) atoms. The number of pyridine rings is 2. The van der Waals surface area contributed by atoms with Gasteiger partial charge in [0.05, 0.1) is 10.9 Å². The van der Waals surface area contributed by atoms with Crippen LogP contribution in [0.1, 0.15) is 33.6 Å². The minimum Gasteiger partial charge on any atom is -0.325 e. The number of carbonyl (C=O) groups excluding carboxylic acids is 2. The van der Waals surface area contributed by atoms with Gasteiger partial charge in [-0.2, -0.15) is 0 Å². The second-order valence-electron chi connectivity index (χ2n) is 12.0. The normalized spacial score (nSPS) is 13.8. The lowest BCUT2D eigenvalue weighted by Gasteiger charge is -2.15. The Morgan fingerprint density at radius 3 is 2.06 bits per heavy atom. The Bertz CT molecular complexity index is 2150. The first-order valence-corrected chi connectivity index (χ1v) is 18.4. The summed E-state index contributed by atoms with van der Waals surface area (Å²) in [6.45, 7) is 7.25. The number of nitrogens with zero attached hydrogens (tertiary/aromatic N) is 8. The van der Waals surface area contributed by atoms with E-state index in [0.29, 0.717) is 29.8 Å². The highest BCUT2D eigenvalue weighted by atomic mass is 32.2. The lowest BCUT2D eigenvalue weighted by atomic mass is 10.1. The van der Waals surface area contributed by atoms with Gasteiger partial charge in [-0.25, -0.2) is 0 Å². The second-order valence-corrected chi connectivity index (χ2v) is 14.7. The number of anilines is 2. The van der Waals surface area contributed by atoms with Crippen molar-refractivity contribution in [3.05, 3.63) is 97.5 Å². The number of aromatic nitrogens is 8. The monoisotopic (exact) mass is 716 g/mol. The molecule has 0 saturated heterocycles. The van der Waals surface area contributed by atoms with Crippen LogP contribution in [0.4, 0.5) is 11.4 Å². The van der Waals surface area contributed by atoms with Crippen molar-refractivity contribution in [2.75, 3.05) is 10.6 Å². The Kier molecular flexibility index (Phi) is 9.95. The molecule has 258 valence electrons. The molecule has 1 fully saturated rings. The summed E-state index contributed by atoms with van der Waals surface area (Å²) in [5.41, 5.74) is 4.92. The summed E-state index contributed by atoms with van der Waals surface area (Å²) in [4.78, 5) is 35.1. The Morgan fingerprint density at radius 1 is 0.745 bits per heavy atom. The van der Waals surface area contributed by atoms with Crippen LogP contribution in [0.2, 0.25) is 0 Å². The molecule has 6 aromatic rings. The number of rotatable bonds is 13. The molecule has 1 aliphatic rings. The molecule has 0 aliphatic heterocycles. The number of hydrogen-bond donors (Lipinski definition) is 2. The zero-order chi connectivity index (χ0) is 35.4. The molecule has 1 aliphatic carbocycles. The summed E-state index contributed by atoms with van der Waals surface area (Å²) in [7, 11) is 0. The molecule has 0 bridgehead atoms. The number of hydrogen-bond acceptors (Lipinski definition) is 10. The van der Waals surface area contributed by atoms with Crippen molar-refractivity contribution in [3.8, 4) is 34.0 Å². The minimum absolute atomic E-state index is 0.0454. The van der Waals surface area contributed by atoms with E-state index < -0.39 is 4.75 Å². The van der Waals surface area contributed by atoms with Gasteiger partial charge in [-0.05, 0) is 82.1 Å². The SMILES string of the molecule is CCn1c(SC(C)C(=O)Nc2ccccc2)nnc1-c1ccnc(-c2ccc(NC(=O)C3(Sc4nnc(-c5ccncc5)n4CC)CC3)cc2)c1. The molecule has 4 heterocycles. The van der Waals surface area contributed by atoms with Crippen LogP contribution in [0.3, 0.4) is 0 Å². The van der Waals surface area contributed by atoms with Gasteiger partial charge in [0.25, 0.3) is 0 Å². The fraction of sp³-hybridized carbons (Fsp3) is 0.243. The molecule has 4 aromatic heterocycles. The van der Waals surface area contributed by atoms with Crippen molar-refractivity contribution < 1.29 is 9.59 Å². The highest BCUT2D eigenvalue weighted by molar-refractivity contribution is 8.01. The van der Waals surface area contributed by atoms with E-state index in [0.717, 1.165) is 51.9 Å². The third-order valence-corrected chi connectivity index (χ3v) is 11.1. The molecule has 2 N–H and O–H groups in total. The summed E-state index contributed by atoms with van der Waals surface area (Å²) < 4.78 is 3.46. The molecule has 1 atom stereocenters. The van der Waals surface area contributed by atoms with Gasteiger partial charge >= 0.3 is 0 Å². The fourth-order valence-corrected chi connectivity index (χ4v) is 7.70. The van der Waals surface area contributed by atoms with Gasteiger partial charge in [0.1, 0.15) is 4.75 Å². The molecule has 7 rings (SSSR count). The van der Waals surface area contributed by atoms with Crippen LogP contribution in [0.5, 0.6) is 0 Å². The van der Waals surface area contributed by atoms with E-state index in [4.69, 9.17) is 0 Å². The number of thioether (sulfide) groups is 2. The largest absolute Gasteiger partial charge is 0.325 e. The highest BCUT2D eigenvalue weighted by Gasteiger charge is 2.52. The van der Waals surface area contributed by atoms with E-state index >= 15 is 0 Å². The third kappa shape index (κ3) is 7.42. The summed E-state index contributed by atoms with van der Waals surface area (Å²) in [5, 5.41) is 24.9. The van der Waals surface area contributed by atoms with Crippen LogP contribution < -0.4 is 10.6 Å². The van der Waals surface area contributed by atoms with Gasteiger partial charge in [-0.15, -0.1) is 20.4 Å². The van der Waals surface area contributed by atoms with Crippen molar-refractivity contribution in [1.29, 1.82) is 0 Å². The summed E-state index contributed by atoms with van der Waals surface area (Å²) >= 11 is 2.85. The first-order valence-electron chi connectivity index (χ1n) is 16.7. The van der Waals surface area contributed by atoms with Gasteiger partial charge in [-0.3, -0.25) is 19.6 Å². The Morgan fingerprint density at radius 2 is 1.37 bits per heavy atom. The summed E-state index contributed by atoms with van der Waals surface area (Å²) in [6.07, 6.45) is 6.75. The predicted octanol–water partition coefficient (Wildman–Crippen LogP) is 7.08. The maximum absolute atomic E-state index is 13.5. The van der Waals surface area contributed by atoms with Crippen LogP contribution in [0, 0.1) is 0 Å². The molecular weight excluding hydrogens is 681 g/mol. The van der Waals surface area contributed by atoms with E-state index in [1.54, 1.807) is 18.6 Å². The molecule has 14 heteroatoms. The van der Waals surface area contributed by atoms with Crippen LogP contribution in [0.25, 0.3) is 34.0 Å². The number of amides is 2. The van der Waals surface area contributed by atoms with Gasteiger partial charge in [0.15, 0.2) is 22.0 Å². The van der Waals surface area contributed by atoms with Crippen molar-refractivity contribution in [2.24, 2.45) is 0 Å². The average Bonchev–Trinajstić information content (AvgIpc) is 3.67. The zero-order valence-corrected chi connectivity index (χ0v) is 30.0. The zero-order valence-electron chi connectivity index (χ0n) is 28.4. The van der Waals surface area contributed by atoms with E-state index in [1.165, 1.54) is 23.5 Å². The average molecular weight is 717 g/mol.